The first-order chi connectivity index (χ1) is 8.02. The predicted octanol–water partition coefficient (Wildman–Crippen LogP) is 2.95. The lowest BCUT2D eigenvalue weighted by molar-refractivity contribution is 0.0935. The first-order valence-electron chi connectivity index (χ1n) is 6.12. The minimum Gasteiger partial charge on any atom is -0.508 e. The summed E-state index contributed by atoms with van der Waals surface area (Å²) in [6, 6.07) is 6.55. The molecule has 0 saturated heterocycles. The number of phenolic OH excluding ortho intramolecular Hbond substituents is 1. The summed E-state index contributed by atoms with van der Waals surface area (Å²) in [4.78, 5) is 11.9. The summed E-state index contributed by atoms with van der Waals surface area (Å²) in [5, 5.41) is 12.2. The molecule has 0 aliphatic carbocycles. The van der Waals surface area contributed by atoms with E-state index in [2.05, 4.69) is 19.2 Å². The average molecular weight is 235 g/mol. The molecule has 0 aliphatic heterocycles. The molecule has 0 heterocycles. The Hall–Kier alpha value is -1.51. The van der Waals surface area contributed by atoms with E-state index in [1.807, 2.05) is 6.92 Å². The van der Waals surface area contributed by atoms with E-state index < -0.39 is 0 Å². The molecule has 0 saturated carbocycles. The Morgan fingerprint density at radius 1 is 1.41 bits per heavy atom. The van der Waals surface area contributed by atoms with Crippen LogP contribution in [0.15, 0.2) is 24.3 Å². The largest absolute Gasteiger partial charge is 0.508 e. The van der Waals surface area contributed by atoms with E-state index in [0.717, 1.165) is 12.8 Å². The summed E-state index contributed by atoms with van der Waals surface area (Å²) in [6.07, 6.45) is 2.09. The molecule has 3 nitrogen and oxygen atoms in total. The molecule has 2 atom stereocenters. The third-order valence-electron chi connectivity index (χ3n) is 2.94. The lowest BCUT2D eigenvalue weighted by atomic mass is 10.00. The summed E-state index contributed by atoms with van der Waals surface area (Å²) in [6.45, 7) is 6.33. The van der Waals surface area contributed by atoms with Crippen LogP contribution in [0, 0.1) is 5.92 Å². The Balaban J connectivity index is 2.54. The van der Waals surface area contributed by atoms with Crippen LogP contribution in [0.2, 0.25) is 0 Å². The van der Waals surface area contributed by atoms with E-state index in [-0.39, 0.29) is 17.7 Å². The molecular weight excluding hydrogens is 214 g/mol. The molecule has 1 rings (SSSR count). The van der Waals surface area contributed by atoms with Crippen LogP contribution in [0.5, 0.6) is 5.75 Å². The Bertz CT molecular complexity index is 376. The molecular formula is C14H21NO2. The first-order valence-corrected chi connectivity index (χ1v) is 6.12. The van der Waals surface area contributed by atoms with Gasteiger partial charge in [0.05, 0.1) is 0 Å². The molecule has 3 heteroatoms. The fraction of sp³-hybridized carbons (Fsp3) is 0.500. The molecule has 0 aromatic heterocycles. The van der Waals surface area contributed by atoms with Gasteiger partial charge in [0.15, 0.2) is 0 Å². The van der Waals surface area contributed by atoms with Crippen molar-refractivity contribution < 1.29 is 9.90 Å². The van der Waals surface area contributed by atoms with Crippen molar-refractivity contribution in [2.45, 2.75) is 39.7 Å². The fourth-order valence-corrected chi connectivity index (χ4v) is 1.78. The van der Waals surface area contributed by atoms with Crippen LogP contribution in [-0.2, 0) is 0 Å². The number of nitrogens with one attached hydrogen (secondary N) is 1. The number of benzene rings is 1. The van der Waals surface area contributed by atoms with Crippen LogP contribution >= 0.6 is 0 Å². The van der Waals surface area contributed by atoms with Gasteiger partial charge in [-0.05, 0) is 37.5 Å². The minimum absolute atomic E-state index is 0.118. The highest BCUT2D eigenvalue weighted by molar-refractivity contribution is 5.94. The maximum atomic E-state index is 11.9. The van der Waals surface area contributed by atoms with Gasteiger partial charge in [-0.3, -0.25) is 4.79 Å². The molecule has 1 aromatic carbocycles. The minimum atomic E-state index is -0.128. The van der Waals surface area contributed by atoms with Gasteiger partial charge in [-0.25, -0.2) is 0 Å². The standard InChI is InChI=1S/C14H21NO2/c1-4-10(2)8-11(3)15-14(17)12-6-5-7-13(16)9-12/h5-7,9-11,16H,4,8H2,1-3H3,(H,15,17). The number of amides is 1. The molecule has 1 amide bonds. The van der Waals surface area contributed by atoms with E-state index in [1.54, 1.807) is 18.2 Å². The zero-order valence-corrected chi connectivity index (χ0v) is 10.7. The van der Waals surface area contributed by atoms with Crippen molar-refractivity contribution in [2.75, 3.05) is 0 Å². The van der Waals surface area contributed by atoms with Gasteiger partial charge >= 0.3 is 0 Å². The smallest absolute Gasteiger partial charge is 0.251 e. The number of hydrogen-bond acceptors (Lipinski definition) is 2. The maximum absolute atomic E-state index is 11.9. The third kappa shape index (κ3) is 4.47. The highest BCUT2D eigenvalue weighted by Gasteiger charge is 2.12. The number of carbonyl (C=O) groups is 1. The van der Waals surface area contributed by atoms with E-state index >= 15 is 0 Å². The Labute approximate surface area is 103 Å². The Morgan fingerprint density at radius 2 is 2.12 bits per heavy atom. The van der Waals surface area contributed by atoms with Crippen molar-refractivity contribution in [1.29, 1.82) is 0 Å². The summed E-state index contributed by atoms with van der Waals surface area (Å²) < 4.78 is 0. The van der Waals surface area contributed by atoms with Crippen LogP contribution in [-0.4, -0.2) is 17.1 Å². The van der Waals surface area contributed by atoms with Gasteiger partial charge in [-0.1, -0.05) is 26.3 Å². The van der Waals surface area contributed by atoms with E-state index in [0.29, 0.717) is 11.5 Å². The van der Waals surface area contributed by atoms with Gasteiger partial charge < -0.3 is 10.4 Å². The number of hydrogen-bond donors (Lipinski definition) is 2. The number of carbonyl (C=O) groups excluding carboxylic acids is 1. The van der Waals surface area contributed by atoms with Crippen molar-refractivity contribution in [3.8, 4) is 5.75 Å². The number of phenols is 1. The molecule has 0 radical (unpaired) electrons. The molecule has 94 valence electrons. The van der Waals surface area contributed by atoms with Gasteiger partial charge in [0.25, 0.3) is 5.91 Å². The van der Waals surface area contributed by atoms with Crippen LogP contribution < -0.4 is 5.32 Å². The van der Waals surface area contributed by atoms with Crippen LogP contribution in [0.25, 0.3) is 0 Å². The van der Waals surface area contributed by atoms with E-state index in [1.165, 1.54) is 6.07 Å². The lowest BCUT2D eigenvalue weighted by Gasteiger charge is -2.17. The van der Waals surface area contributed by atoms with Gasteiger partial charge in [0, 0.05) is 11.6 Å². The van der Waals surface area contributed by atoms with Gasteiger partial charge in [-0.15, -0.1) is 0 Å². The second kappa shape index (κ2) is 6.28. The molecule has 0 fully saturated rings. The zero-order chi connectivity index (χ0) is 12.8. The van der Waals surface area contributed by atoms with Gasteiger partial charge in [0.1, 0.15) is 5.75 Å². The average Bonchev–Trinajstić information content (AvgIpc) is 2.28. The SMILES string of the molecule is CCC(C)CC(C)NC(=O)c1cccc(O)c1. The summed E-state index contributed by atoms with van der Waals surface area (Å²) >= 11 is 0. The molecule has 0 bridgehead atoms. The molecule has 2 unspecified atom stereocenters. The van der Waals surface area contributed by atoms with E-state index in [9.17, 15) is 9.90 Å². The fourth-order valence-electron chi connectivity index (χ4n) is 1.78. The van der Waals surface area contributed by atoms with Crippen molar-refractivity contribution in [2.24, 2.45) is 5.92 Å². The summed E-state index contributed by atoms with van der Waals surface area (Å²) in [5.74, 6) is 0.596. The number of rotatable bonds is 5. The molecule has 0 spiro atoms. The zero-order valence-electron chi connectivity index (χ0n) is 10.7. The van der Waals surface area contributed by atoms with Crippen LogP contribution in [0.1, 0.15) is 44.0 Å². The Kier molecular flexibility index (Phi) is 5.01. The maximum Gasteiger partial charge on any atom is 0.251 e. The van der Waals surface area contributed by atoms with Crippen molar-refractivity contribution in [1.82, 2.24) is 5.32 Å². The highest BCUT2D eigenvalue weighted by Crippen LogP contribution is 2.13. The monoisotopic (exact) mass is 235 g/mol. The van der Waals surface area contributed by atoms with Crippen LogP contribution in [0.4, 0.5) is 0 Å². The van der Waals surface area contributed by atoms with Gasteiger partial charge in [-0.2, -0.15) is 0 Å². The predicted molar refractivity (Wildman–Crippen MR) is 69.1 cm³/mol. The van der Waals surface area contributed by atoms with E-state index in [4.69, 9.17) is 0 Å². The molecule has 0 aliphatic rings. The lowest BCUT2D eigenvalue weighted by Crippen LogP contribution is -2.33. The van der Waals surface area contributed by atoms with Crippen molar-refractivity contribution >= 4 is 5.91 Å². The molecule has 17 heavy (non-hydrogen) atoms. The second-order valence-corrected chi connectivity index (χ2v) is 4.67. The van der Waals surface area contributed by atoms with Crippen molar-refractivity contribution in [3.63, 3.8) is 0 Å². The highest BCUT2D eigenvalue weighted by atomic mass is 16.3. The normalized spacial score (nSPS) is 14.1. The summed E-state index contributed by atoms with van der Waals surface area (Å²) in [7, 11) is 0. The second-order valence-electron chi connectivity index (χ2n) is 4.67. The quantitative estimate of drug-likeness (QED) is 0.824. The van der Waals surface area contributed by atoms with Gasteiger partial charge in [0.2, 0.25) is 0 Å². The molecule has 1 aromatic rings. The summed E-state index contributed by atoms with van der Waals surface area (Å²) in [5.41, 5.74) is 0.501. The Morgan fingerprint density at radius 3 is 2.71 bits per heavy atom. The first kappa shape index (κ1) is 13.6. The third-order valence-corrected chi connectivity index (χ3v) is 2.94. The topological polar surface area (TPSA) is 49.3 Å². The van der Waals surface area contributed by atoms with Crippen molar-refractivity contribution in [3.05, 3.63) is 29.8 Å². The number of aromatic hydroxyl groups is 1. The molecule has 2 N–H and O–H groups in total. The van der Waals surface area contributed by atoms with Crippen LogP contribution in [0.3, 0.4) is 0 Å².